The molecule has 1 aromatic heterocycles. The van der Waals surface area contributed by atoms with Gasteiger partial charge in [0.1, 0.15) is 5.82 Å². The highest BCUT2D eigenvalue weighted by molar-refractivity contribution is 7.15. The Balaban J connectivity index is 0.00000261. The van der Waals surface area contributed by atoms with Gasteiger partial charge in [0.05, 0.1) is 12.0 Å². The molecule has 2 heterocycles. The minimum absolute atomic E-state index is 0. The Hall–Kier alpha value is -1.54. The number of hydrogen-bond acceptors (Lipinski definition) is 5. The van der Waals surface area contributed by atoms with Crippen LogP contribution in [0.2, 0.25) is 0 Å². The number of halogens is 2. The van der Waals surface area contributed by atoms with Crippen molar-refractivity contribution in [2.75, 3.05) is 32.1 Å². The molecule has 1 aliphatic heterocycles. The van der Waals surface area contributed by atoms with Crippen LogP contribution in [0.15, 0.2) is 24.4 Å². The molecule has 0 saturated carbocycles. The molecule has 0 bridgehead atoms. The number of carbonyl (C=O) groups excluding carboxylic acids is 1. The van der Waals surface area contributed by atoms with E-state index >= 15 is 0 Å². The molecule has 0 unspecified atom stereocenters. The van der Waals surface area contributed by atoms with E-state index in [0.29, 0.717) is 23.7 Å². The number of carbonyl (C=O) groups is 1. The van der Waals surface area contributed by atoms with E-state index in [1.807, 2.05) is 6.07 Å². The molecule has 27 heavy (non-hydrogen) atoms. The summed E-state index contributed by atoms with van der Waals surface area (Å²) in [6.45, 7) is 3.76. The molecule has 1 aliphatic rings. The topological polar surface area (TPSA) is 63.2 Å². The molecule has 0 radical (unpaired) electrons. The van der Waals surface area contributed by atoms with Crippen molar-refractivity contribution in [3.8, 4) is 0 Å². The second kappa shape index (κ2) is 9.59. The second-order valence-electron chi connectivity index (χ2n) is 6.81. The highest BCUT2D eigenvalue weighted by Crippen LogP contribution is 2.32. The number of aromatic nitrogens is 1. The summed E-state index contributed by atoms with van der Waals surface area (Å²) in [5.74, 6) is -0.240. The number of hydrogen-bond donors (Lipinski definition) is 2. The first kappa shape index (κ1) is 21.8. The molecule has 1 amide bonds. The van der Waals surface area contributed by atoms with E-state index in [1.165, 1.54) is 11.3 Å². The normalized spacial score (nSPS) is 15.8. The van der Waals surface area contributed by atoms with Gasteiger partial charge in [0.2, 0.25) is 5.91 Å². The summed E-state index contributed by atoms with van der Waals surface area (Å²) in [6, 6.07) is 5.24. The number of nitrogens with zero attached hydrogens (tertiary/aromatic N) is 1. The minimum Gasteiger partial charge on any atom is -0.384 e. The maximum atomic E-state index is 13.7. The van der Waals surface area contributed by atoms with E-state index < -0.39 is 5.41 Å². The first-order valence-corrected chi connectivity index (χ1v) is 9.55. The number of ether oxygens (including phenoxy) is 1. The molecule has 1 aromatic carbocycles. The smallest absolute Gasteiger partial charge is 0.234 e. The van der Waals surface area contributed by atoms with E-state index in [-0.39, 0.29) is 24.1 Å². The number of methoxy groups -OCH3 is 1. The fraction of sp³-hybridized carbons (Fsp3) is 0.474. The first-order chi connectivity index (χ1) is 12.5. The van der Waals surface area contributed by atoms with Crippen molar-refractivity contribution in [2.45, 2.75) is 26.2 Å². The summed E-state index contributed by atoms with van der Waals surface area (Å²) >= 11 is 1.42. The van der Waals surface area contributed by atoms with Crippen molar-refractivity contribution >= 4 is 34.8 Å². The van der Waals surface area contributed by atoms with Gasteiger partial charge >= 0.3 is 0 Å². The SMILES string of the molecule is COCC1(C(=O)Nc2ncc(Cc3ccc(C)c(F)c3)s2)CCNCC1.Cl. The predicted octanol–water partition coefficient (Wildman–Crippen LogP) is 3.56. The lowest BCUT2D eigenvalue weighted by Crippen LogP contribution is -2.47. The summed E-state index contributed by atoms with van der Waals surface area (Å²) in [6.07, 6.45) is 3.82. The minimum atomic E-state index is -0.508. The number of nitrogens with one attached hydrogen (secondary N) is 2. The fourth-order valence-corrected chi connectivity index (χ4v) is 4.08. The number of anilines is 1. The van der Waals surface area contributed by atoms with Crippen molar-refractivity contribution in [1.82, 2.24) is 10.3 Å². The molecule has 0 spiro atoms. The average molecular weight is 414 g/mol. The Bertz CT molecular complexity index is 773. The number of rotatable bonds is 6. The molecule has 1 saturated heterocycles. The maximum Gasteiger partial charge on any atom is 0.234 e. The highest BCUT2D eigenvalue weighted by atomic mass is 35.5. The van der Waals surface area contributed by atoms with E-state index in [1.54, 1.807) is 32.4 Å². The van der Waals surface area contributed by atoms with Gasteiger partial charge in [0, 0.05) is 24.6 Å². The van der Waals surface area contributed by atoms with E-state index in [9.17, 15) is 9.18 Å². The zero-order chi connectivity index (χ0) is 18.6. The Morgan fingerprint density at radius 2 is 2.15 bits per heavy atom. The Morgan fingerprint density at radius 3 is 2.81 bits per heavy atom. The van der Waals surface area contributed by atoms with Gasteiger partial charge in [-0.2, -0.15) is 0 Å². The Labute approximate surface area is 169 Å². The summed E-state index contributed by atoms with van der Waals surface area (Å²) in [7, 11) is 1.62. The molecule has 8 heteroatoms. The van der Waals surface area contributed by atoms with Gasteiger partial charge in [-0.05, 0) is 50.0 Å². The van der Waals surface area contributed by atoms with Crippen LogP contribution in [0.5, 0.6) is 0 Å². The number of thiazole rings is 1. The Kier molecular flexibility index (Phi) is 7.73. The van der Waals surface area contributed by atoms with Crippen molar-refractivity contribution in [2.24, 2.45) is 5.41 Å². The first-order valence-electron chi connectivity index (χ1n) is 8.73. The number of piperidine rings is 1. The van der Waals surface area contributed by atoms with Crippen LogP contribution in [0.25, 0.3) is 0 Å². The third-order valence-electron chi connectivity index (χ3n) is 4.85. The molecule has 5 nitrogen and oxygen atoms in total. The lowest BCUT2D eigenvalue weighted by atomic mass is 9.79. The number of benzene rings is 1. The third kappa shape index (κ3) is 5.25. The molecule has 1 fully saturated rings. The van der Waals surface area contributed by atoms with Gasteiger partial charge in [-0.3, -0.25) is 4.79 Å². The van der Waals surface area contributed by atoms with Crippen molar-refractivity contribution in [1.29, 1.82) is 0 Å². The number of amides is 1. The molecular weight excluding hydrogens is 389 g/mol. The van der Waals surface area contributed by atoms with Crippen LogP contribution in [0.3, 0.4) is 0 Å². The van der Waals surface area contributed by atoms with Crippen molar-refractivity contribution in [3.05, 3.63) is 46.2 Å². The van der Waals surface area contributed by atoms with Gasteiger partial charge in [-0.15, -0.1) is 23.7 Å². The van der Waals surface area contributed by atoms with Crippen LogP contribution < -0.4 is 10.6 Å². The van der Waals surface area contributed by atoms with Gasteiger partial charge in [0.25, 0.3) is 0 Å². The largest absolute Gasteiger partial charge is 0.384 e. The van der Waals surface area contributed by atoms with Crippen LogP contribution >= 0.6 is 23.7 Å². The molecule has 0 aliphatic carbocycles. The summed E-state index contributed by atoms with van der Waals surface area (Å²) < 4.78 is 19.0. The van der Waals surface area contributed by atoms with Crippen molar-refractivity contribution in [3.63, 3.8) is 0 Å². The van der Waals surface area contributed by atoms with Gasteiger partial charge in [-0.1, -0.05) is 12.1 Å². The van der Waals surface area contributed by atoms with Gasteiger partial charge in [0.15, 0.2) is 5.13 Å². The molecule has 2 aromatic rings. The fourth-order valence-electron chi connectivity index (χ4n) is 3.24. The zero-order valence-electron chi connectivity index (χ0n) is 15.5. The lowest BCUT2D eigenvalue weighted by molar-refractivity contribution is -0.130. The monoisotopic (exact) mass is 413 g/mol. The van der Waals surface area contributed by atoms with E-state index in [2.05, 4.69) is 15.6 Å². The van der Waals surface area contributed by atoms with Crippen LogP contribution in [-0.2, 0) is 16.0 Å². The highest BCUT2D eigenvalue weighted by Gasteiger charge is 2.40. The molecular formula is C19H25ClFN3O2S. The van der Waals surface area contributed by atoms with Crippen LogP contribution in [0.1, 0.15) is 28.8 Å². The molecule has 148 valence electrons. The molecule has 3 rings (SSSR count). The van der Waals surface area contributed by atoms with E-state index in [0.717, 1.165) is 36.4 Å². The number of aryl methyl sites for hydroxylation is 1. The standard InChI is InChI=1S/C19H24FN3O2S.ClH/c1-13-3-4-14(10-16(13)20)9-15-11-22-18(26-15)23-17(24)19(12-25-2)5-7-21-8-6-19;/h3-4,10-11,21H,5-9,12H2,1-2H3,(H,22,23,24);1H. The lowest BCUT2D eigenvalue weighted by Gasteiger charge is -2.35. The van der Waals surface area contributed by atoms with E-state index in [4.69, 9.17) is 4.74 Å². The molecule has 2 N–H and O–H groups in total. The van der Waals surface area contributed by atoms with Gasteiger partial charge in [-0.25, -0.2) is 9.37 Å². The summed E-state index contributed by atoms with van der Waals surface area (Å²) in [5, 5.41) is 6.80. The summed E-state index contributed by atoms with van der Waals surface area (Å²) in [4.78, 5) is 18.1. The van der Waals surface area contributed by atoms with Crippen LogP contribution in [0, 0.1) is 18.2 Å². The average Bonchev–Trinajstić information content (AvgIpc) is 3.06. The predicted molar refractivity (Wildman–Crippen MR) is 108 cm³/mol. The van der Waals surface area contributed by atoms with Crippen molar-refractivity contribution < 1.29 is 13.9 Å². The molecule has 0 atom stereocenters. The Morgan fingerprint density at radius 1 is 1.41 bits per heavy atom. The second-order valence-corrected chi connectivity index (χ2v) is 7.92. The third-order valence-corrected chi connectivity index (χ3v) is 5.76. The zero-order valence-corrected chi connectivity index (χ0v) is 17.1. The van der Waals surface area contributed by atoms with Crippen LogP contribution in [0.4, 0.5) is 9.52 Å². The van der Waals surface area contributed by atoms with Gasteiger partial charge < -0.3 is 15.4 Å². The maximum absolute atomic E-state index is 13.7. The quantitative estimate of drug-likeness (QED) is 0.760. The summed E-state index contributed by atoms with van der Waals surface area (Å²) in [5.41, 5.74) is 1.02. The van der Waals surface area contributed by atoms with Crippen LogP contribution in [-0.4, -0.2) is 37.7 Å².